The van der Waals surface area contributed by atoms with Gasteiger partial charge in [-0.3, -0.25) is 0 Å². The highest BCUT2D eigenvalue weighted by atomic mass is 35.5. The number of nitrogens with two attached hydrogens (primary N) is 2. The SMILES string of the molecule is Cl.Cl.NCCCOc1ccc(OCCCN)cc1. The van der Waals surface area contributed by atoms with Crippen LogP contribution in [0.4, 0.5) is 0 Å². The predicted molar refractivity (Wildman–Crippen MR) is 79.3 cm³/mol. The van der Waals surface area contributed by atoms with E-state index in [1.54, 1.807) is 0 Å². The van der Waals surface area contributed by atoms with Crippen molar-refractivity contribution in [1.82, 2.24) is 0 Å². The maximum atomic E-state index is 5.47. The highest BCUT2D eigenvalue weighted by Crippen LogP contribution is 2.17. The van der Waals surface area contributed by atoms with Gasteiger partial charge in [-0.05, 0) is 50.2 Å². The van der Waals surface area contributed by atoms with Gasteiger partial charge in [0.1, 0.15) is 11.5 Å². The first-order valence-corrected chi connectivity index (χ1v) is 5.62. The lowest BCUT2D eigenvalue weighted by Gasteiger charge is -2.07. The molecule has 0 aliphatic heterocycles. The summed E-state index contributed by atoms with van der Waals surface area (Å²) in [6.07, 6.45) is 1.74. The maximum Gasteiger partial charge on any atom is 0.119 e. The fourth-order valence-electron chi connectivity index (χ4n) is 1.18. The van der Waals surface area contributed by atoms with Crippen LogP contribution in [-0.4, -0.2) is 26.3 Å². The number of ether oxygens (including phenoxy) is 2. The molecular formula is C12H22Cl2N2O2. The fraction of sp³-hybridized carbons (Fsp3) is 0.500. The third kappa shape index (κ3) is 8.42. The zero-order chi connectivity index (χ0) is 11.6. The Kier molecular flexibility index (Phi) is 13.9. The lowest BCUT2D eigenvalue weighted by molar-refractivity contribution is 0.305. The molecule has 4 N–H and O–H groups in total. The molecule has 0 radical (unpaired) electrons. The minimum absolute atomic E-state index is 0. The fourth-order valence-corrected chi connectivity index (χ4v) is 1.18. The molecule has 0 spiro atoms. The lowest BCUT2D eigenvalue weighted by Crippen LogP contribution is -2.06. The topological polar surface area (TPSA) is 70.5 Å². The molecule has 0 atom stereocenters. The van der Waals surface area contributed by atoms with Gasteiger partial charge in [0.2, 0.25) is 0 Å². The van der Waals surface area contributed by atoms with Crippen molar-refractivity contribution < 1.29 is 9.47 Å². The summed E-state index contributed by atoms with van der Waals surface area (Å²) in [5.41, 5.74) is 10.7. The highest BCUT2D eigenvalue weighted by Gasteiger charge is 1.96. The smallest absolute Gasteiger partial charge is 0.119 e. The Bertz CT molecular complexity index is 255. The first-order valence-electron chi connectivity index (χ1n) is 5.62. The molecule has 0 aliphatic rings. The molecule has 1 aromatic carbocycles. The number of rotatable bonds is 8. The van der Waals surface area contributed by atoms with Crippen LogP contribution in [-0.2, 0) is 0 Å². The minimum atomic E-state index is 0. The quantitative estimate of drug-likeness (QED) is 0.720. The molecule has 0 saturated heterocycles. The van der Waals surface area contributed by atoms with E-state index >= 15 is 0 Å². The van der Waals surface area contributed by atoms with Crippen LogP contribution in [0.1, 0.15) is 12.8 Å². The van der Waals surface area contributed by atoms with Crippen LogP contribution in [0, 0.1) is 0 Å². The van der Waals surface area contributed by atoms with E-state index < -0.39 is 0 Å². The van der Waals surface area contributed by atoms with Crippen LogP contribution < -0.4 is 20.9 Å². The lowest BCUT2D eigenvalue weighted by atomic mass is 10.3. The summed E-state index contributed by atoms with van der Waals surface area (Å²) in [7, 11) is 0. The average molecular weight is 297 g/mol. The van der Waals surface area contributed by atoms with Crippen LogP contribution in [0.25, 0.3) is 0 Å². The molecule has 0 fully saturated rings. The van der Waals surface area contributed by atoms with Gasteiger partial charge < -0.3 is 20.9 Å². The number of benzene rings is 1. The Morgan fingerprint density at radius 1 is 0.722 bits per heavy atom. The van der Waals surface area contributed by atoms with E-state index in [1.807, 2.05) is 24.3 Å². The van der Waals surface area contributed by atoms with E-state index in [1.165, 1.54) is 0 Å². The van der Waals surface area contributed by atoms with E-state index in [0.717, 1.165) is 24.3 Å². The molecule has 0 unspecified atom stereocenters. The van der Waals surface area contributed by atoms with Gasteiger partial charge in [0, 0.05) is 0 Å². The van der Waals surface area contributed by atoms with E-state index in [-0.39, 0.29) is 24.8 Å². The normalized spacial score (nSPS) is 9.00. The van der Waals surface area contributed by atoms with E-state index in [4.69, 9.17) is 20.9 Å². The van der Waals surface area contributed by atoms with Crippen molar-refractivity contribution in [2.24, 2.45) is 11.5 Å². The first kappa shape index (κ1) is 19.7. The molecule has 18 heavy (non-hydrogen) atoms. The summed E-state index contributed by atoms with van der Waals surface area (Å²) in [5, 5.41) is 0. The van der Waals surface area contributed by atoms with Crippen molar-refractivity contribution in [2.75, 3.05) is 26.3 Å². The Morgan fingerprint density at radius 2 is 1.06 bits per heavy atom. The Hall–Kier alpha value is -0.680. The van der Waals surface area contributed by atoms with E-state index in [2.05, 4.69) is 0 Å². The summed E-state index contributed by atoms with van der Waals surface area (Å²) >= 11 is 0. The van der Waals surface area contributed by atoms with Gasteiger partial charge in [-0.15, -0.1) is 24.8 Å². The second-order valence-electron chi connectivity index (χ2n) is 3.45. The second kappa shape index (κ2) is 12.8. The Morgan fingerprint density at radius 3 is 1.33 bits per heavy atom. The molecule has 0 aromatic heterocycles. The van der Waals surface area contributed by atoms with Gasteiger partial charge in [0.05, 0.1) is 13.2 Å². The van der Waals surface area contributed by atoms with E-state index in [0.29, 0.717) is 26.3 Å². The van der Waals surface area contributed by atoms with Gasteiger partial charge in [-0.1, -0.05) is 0 Å². The van der Waals surface area contributed by atoms with Crippen molar-refractivity contribution in [1.29, 1.82) is 0 Å². The molecular weight excluding hydrogens is 275 g/mol. The van der Waals surface area contributed by atoms with Crippen LogP contribution >= 0.6 is 24.8 Å². The number of halogens is 2. The van der Waals surface area contributed by atoms with Crippen molar-refractivity contribution in [3.8, 4) is 11.5 Å². The number of hydrogen-bond donors (Lipinski definition) is 2. The molecule has 0 saturated carbocycles. The van der Waals surface area contributed by atoms with Crippen molar-refractivity contribution in [3.63, 3.8) is 0 Å². The number of hydrogen-bond acceptors (Lipinski definition) is 4. The van der Waals surface area contributed by atoms with Crippen LogP contribution in [0.15, 0.2) is 24.3 Å². The Labute approximate surface area is 121 Å². The molecule has 4 nitrogen and oxygen atoms in total. The third-order valence-corrected chi connectivity index (χ3v) is 2.06. The molecule has 106 valence electrons. The zero-order valence-corrected chi connectivity index (χ0v) is 12.0. The van der Waals surface area contributed by atoms with E-state index in [9.17, 15) is 0 Å². The summed E-state index contributed by atoms with van der Waals surface area (Å²) in [6, 6.07) is 7.59. The molecule has 1 aromatic rings. The van der Waals surface area contributed by atoms with Crippen molar-refractivity contribution in [3.05, 3.63) is 24.3 Å². The third-order valence-electron chi connectivity index (χ3n) is 2.06. The first-order chi connectivity index (χ1) is 7.86. The molecule has 0 heterocycles. The van der Waals surface area contributed by atoms with Crippen LogP contribution in [0.2, 0.25) is 0 Å². The predicted octanol–water partition coefficient (Wildman–Crippen LogP) is 1.99. The van der Waals surface area contributed by atoms with Gasteiger partial charge in [-0.25, -0.2) is 0 Å². The van der Waals surface area contributed by atoms with Crippen LogP contribution in [0.5, 0.6) is 11.5 Å². The van der Waals surface area contributed by atoms with Gasteiger partial charge in [0.25, 0.3) is 0 Å². The molecule has 1 rings (SSSR count). The van der Waals surface area contributed by atoms with Gasteiger partial charge >= 0.3 is 0 Å². The zero-order valence-electron chi connectivity index (χ0n) is 10.3. The van der Waals surface area contributed by atoms with Crippen LogP contribution in [0.3, 0.4) is 0 Å². The second-order valence-corrected chi connectivity index (χ2v) is 3.45. The summed E-state index contributed by atoms with van der Waals surface area (Å²) in [4.78, 5) is 0. The standard InChI is InChI=1S/C12H20N2O2.2ClH/c13-7-1-9-15-11-3-5-12(6-4-11)16-10-2-8-14;;/h3-6H,1-2,7-10,13-14H2;2*1H. The molecule has 0 amide bonds. The Balaban J connectivity index is 0. The average Bonchev–Trinajstić information content (AvgIpc) is 2.32. The minimum Gasteiger partial charge on any atom is -0.494 e. The van der Waals surface area contributed by atoms with Gasteiger partial charge in [0.15, 0.2) is 0 Å². The molecule has 6 heteroatoms. The summed E-state index contributed by atoms with van der Waals surface area (Å²) < 4.78 is 10.9. The highest BCUT2D eigenvalue weighted by molar-refractivity contribution is 5.85. The summed E-state index contributed by atoms with van der Waals surface area (Å²) in [6.45, 7) is 2.62. The molecule has 0 aliphatic carbocycles. The largest absolute Gasteiger partial charge is 0.494 e. The van der Waals surface area contributed by atoms with Gasteiger partial charge in [-0.2, -0.15) is 0 Å². The summed E-state index contributed by atoms with van der Waals surface area (Å²) in [5.74, 6) is 1.69. The molecule has 0 bridgehead atoms. The monoisotopic (exact) mass is 296 g/mol. The van der Waals surface area contributed by atoms with Crippen molar-refractivity contribution in [2.45, 2.75) is 12.8 Å². The maximum absolute atomic E-state index is 5.47. The van der Waals surface area contributed by atoms with Crippen molar-refractivity contribution >= 4 is 24.8 Å².